The minimum Gasteiger partial charge on any atom is -0.467 e. The lowest BCUT2D eigenvalue weighted by Gasteiger charge is -2.22. The Labute approximate surface area is 132 Å². The van der Waals surface area contributed by atoms with Crippen LogP contribution < -0.4 is 5.32 Å². The molecule has 0 bridgehead atoms. The number of ether oxygens (including phenoxy) is 2. The van der Waals surface area contributed by atoms with Crippen LogP contribution in [0.25, 0.3) is 0 Å². The monoisotopic (exact) mass is 358 g/mol. The van der Waals surface area contributed by atoms with E-state index in [0.717, 1.165) is 4.47 Å². The molecule has 0 unspecified atom stereocenters. The summed E-state index contributed by atoms with van der Waals surface area (Å²) in [4.78, 5) is 27.7. The maximum absolute atomic E-state index is 11.8. The number of nitrogens with zero attached hydrogens (tertiary/aromatic N) is 1. The Morgan fingerprint density at radius 2 is 2.05 bits per heavy atom. The van der Waals surface area contributed by atoms with Gasteiger partial charge in [-0.2, -0.15) is 0 Å². The quantitative estimate of drug-likeness (QED) is 0.836. The molecule has 0 saturated carbocycles. The van der Waals surface area contributed by atoms with Crippen LogP contribution in [0.3, 0.4) is 0 Å². The van der Waals surface area contributed by atoms with E-state index in [1.54, 1.807) is 33.0 Å². The van der Waals surface area contributed by atoms with Gasteiger partial charge >= 0.3 is 12.1 Å². The summed E-state index contributed by atoms with van der Waals surface area (Å²) in [7, 11) is 1.26. The van der Waals surface area contributed by atoms with E-state index in [9.17, 15) is 9.59 Å². The fourth-order valence-corrected chi connectivity index (χ4v) is 1.76. The molecule has 0 aliphatic rings. The van der Waals surface area contributed by atoms with Crippen LogP contribution >= 0.6 is 15.9 Å². The molecule has 0 aliphatic heterocycles. The Morgan fingerprint density at radius 3 is 2.52 bits per heavy atom. The summed E-state index contributed by atoms with van der Waals surface area (Å²) in [6.45, 7) is 5.24. The smallest absolute Gasteiger partial charge is 0.408 e. The molecule has 7 heteroatoms. The van der Waals surface area contributed by atoms with Gasteiger partial charge in [-0.3, -0.25) is 4.98 Å². The number of carbonyl (C=O) groups excluding carboxylic acids is 2. The van der Waals surface area contributed by atoms with Crippen LogP contribution in [-0.4, -0.2) is 35.8 Å². The highest BCUT2D eigenvalue weighted by atomic mass is 79.9. The number of hydrogen-bond donors (Lipinski definition) is 1. The maximum Gasteiger partial charge on any atom is 0.408 e. The molecule has 0 spiro atoms. The van der Waals surface area contributed by atoms with Crippen molar-refractivity contribution in [2.24, 2.45) is 0 Å². The van der Waals surface area contributed by atoms with Gasteiger partial charge in [0, 0.05) is 22.8 Å². The zero-order chi connectivity index (χ0) is 16.0. The molecule has 0 aromatic carbocycles. The van der Waals surface area contributed by atoms with Gasteiger partial charge in [-0.05, 0) is 48.8 Å². The van der Waals surface area contributed by atoms with Crippen LogP contribution in [0.5, 0.6) is 0 Å². The SMILES string of the molecule is COC(=O)[C@@H](Cc1ccc(Br)cn1)NC(=O)OC(C)(C)C. The highest BCUT2D eigenvalue weighted by Crippen LogP contribution is 2.11. The molecule has 1 rings (SSSR count). The second-order valence-electron chi connectivity index (χ2n) is 5.39. The topological polar surface area (TPSA) is 77.5 Å². The van der Waals surface area contributed by atoms with Gasteiger partial charge in [-0.1, -0.05) is 0 Å². The first-order valence-electron chi connectivity index (χ1n) is 6.39. The van der Waals surface area contributed by atoms with Crippen LogP contribution in [0, 0.1) is 0 Å². The molecule has 1 aromatic rings. The summed E-state index contributed by atoms with van der Waals surface area (Å²) in [5.41, 5.74) is 0.0188. The summed E-state index contributed by atoms with van der Waals surface area (Å²) >= 11 is 3.28. The average Bonchev–Trinajstić information content (AvgIpc) is 2.37. The molecule has 1 atom stereocenters. The first-order chi connectivity index (χ1) is 9.71. The standard InChI is InChI=1S/C14H19BrN2O4/c1-14(2,3)21-13(19)17-11(12(18)20-4)7-10-6-5-9(15)8-16-10/h5-6,8,11H,7H2,1-4H3,(H,17,19)/t11-/m1/s1. The predicted molar refractivity (Wildman–Crippen MR) is 80.8 cm³/mol. The highest BCUT2D eigenvalue weighted by Gasteiger charge is 2.25. The Bertz CT molecular complexity index is 497. The van der Waals surface area contributed by atoms with E-state index in [4.69, 9.17) is 9.47 Å². The summed E-state index contributed by atoms with van der Waals surface area (Å²) in [5, 5.41) is 2.50. The maximum atomic E-state index is 11.8. The number of halogens is 1. The van der Waals surface area contributed by atoms with Crippen molar-refractivity contribution >= 4 is 28.0 Å². The fourth-order valence-electron chi connectivity index (χ4n) is 1.52. The van der Waals surface area contributed by atoms with Gasteiger partial charge in [0.15, 0.2) is 0 Å². The molecule has 1 amide bonds. The van der Waals surface area contributed by atoms with E-state index >= 15 is 0 Å². The summed E-state index contributed by atoms with van der Waals surface area (Å²) in [6, 6.07) is 2.72. The molecule has 116 valence electrons. The van der Waals surface area contributed by atoms with Crippen molar-refractivity contribution in [1.29, 1.82) is 0 Å². The van der Waals surface area contributed by atoms with Gasteiger partial charge in [-0.15, -0.1) is 0 Å². The van der Waals surface area contributed by atoms with Crippen molar-refractivity contribution in [2.75, 3.05) is 7.11 Å². The van der Waals surface area contributed by atoms with Gasteiger partial charge in [-0.25, -0.2) is 9.59 Å². The van der Waals surface area contributed by atoms with Crippen LogP contribution in [0.4, 0.5) is 4.79 Å². The van der Waals surface area contributed by atoms with E-state index in [0.29, 0.717) is 5.69 Å². The van der Waals surface area contributed by atoms with Crippen LogP contribution in [-0.2, 0) is 20.7 Å². The zero-order valence-corrected chi connectivity index (χ0v) is 14.1. The number of esters is 1. The fraction of sp³-hybridized carbons (Fsp3) is 0.500. The van der Waals surface area contributed by atoms with Crippen LogP contribution in [0.15, 0.2) is 22.8 Å². The van der Waals surface area contributed by atoms with Gasteiger partial charge < -0.3 is 14.8 Å². The van der Waals surface area contributed by atoms with Crippen molar-refractivity contribution in [3.05, 3.63) is 28.5 Å². The van der Waals surface area contributed by atoms with Gasteiger partial charge in [0.05, 0.1) is 7.11 Å². The molecule has 0 aliphatic carbocycles. The summed E-state index contributed by atoms with van der Waals surface area (Å²) < 4.78 is 10.7. The van der Waals surface area contributed by atoms with Crippen molar-refractivity contribution in [2.45, 2.75) is 38.8 Å². The minimum atomic E-state index is -0.849. The Hall–Kier alpha value is -1.63. The van der Waals surface area contributed by atoms with E-state index in [2.05, 4.69) is 26.2 Å². The number of rotatable bonds is 4. The molecule has 0 fully saturated rings. The Kier molecular flexibility index (Phi) is 6.14. The molecule has 1 heterocycles. The van der Waals surface area contributed by atoms with Gasteiger partial charge in [0.1, 0.15) is 11.6 Å². The third-order valence-electron chi connectivity index (χ3n) is 2.38. The number of hydrogen-bond acceptors (Lipinski definition) is 5. The lowest BCUT2D eigenvalue weighted by molar-refractivity contribution is -0.143. The molecule has 6 nitrogen and oxygen atoms in total. The van der Waals surface area contributed by atoms with E-state index < -0.39 is 23.7 Å². The molecular formula is C14H19BrN2O4. The third kappa shape index (κ3) is 6.57. The number of amides is 1. The number of aromatic nitrogens is 1. The van der Waals surface area contributed by atoms with Crippen molar-refractivity contribution < 1.29 is 19.1 Å². The number of alkyl carbamates (subject to hydrolysis) is 1. The first-order valence-corrected chi connectivity index (χ1v) is 7.18. The first kappa shape index (κ1) is 17.4. The van der Waals surface area contributed by atoms with E-state index in [-0.39, 0.29) is 6.42 Å². The normalized spacial score (nSPS) is 12.4. The lowest BCUT2D eigenvalue weighted by atomic mass is 10.1. The number of carbonyl (C=O) groups is 2. The van der Waals surface area contributed by atoms with Crippen LogP contribution in [0.2, 0.25) is 0 Å². The highest BCUT2D eigenvalue weighted by molar-refractivity contribution is 9.10. The van der Waals surface area contributed by atoms with Crippen molar-refractivity contribution in [3.63, 3.8) is 0 Å². The van der Waals surface area contributed by atoms with Gasteiger partial charge in [0.2, 0.25) is 0 Å². The van der Waals surface area contributed by atoms with Crippen molar-refractivity contribution in [3.8, 4) is 0 Å². The Morgan fingerprint density at radius 1 is 1.38 bits per heavy atom. The second-order valence-corrected chi connectivity index (χ2v) is 6.31. The summed E-state index contributed by atoms with van der Waals surface area (Å²) in [6.07, 6.45) is 1.17. The molecule has 0 saturated heterocycles. The molecule has 21 heavy (non-hydrogen) atoms. The largest absolute Gasteiger partial charge is 0.467 e. The van der Waals surface area contributed by atoms with E-state index in [1.807, 2.05) is 6.07 Å². The zero-order valence-electron chi connectivity index (χ0n) is 12.5. The molecule has 0 radical (unpaired) electrons. The molecule has 1 aromatic heterocycles. The summed E-state index contributed by atoms with van der Waals surface area (Å²) in [5.74, 6) is -0.550. The number of pyridine rings is 1. The average molecular weight is 359 g/mol. The Balaban J connectivity index is 2.74. The van der Waals surface area contributed by atoms with Gasteiger partial charge in [0.25, 0.3) is 0 Å². The van der Waals surface area contributed by atoms with E-state index in [1.165, 1.54) is 7.11 Å². The number of methoxy groups -OCH3 is 1. The third-order valence-corrected chi connectivity index (χ3v) is 2.85. The predicted octanol–water partition coefficient (Wildman–Crippen LogP) is 2.45. The van der Waals surface area contributed by atoms with Crippen LogP contribution in [0.1, 0.15) is 26.5 Å². The number of nitrogens with one attached hydrogen (secondary N) is 1. The molecule has 1 N–H and O–H groups in total. The van der Waals surface area contributed by atoms with Crippen molar-refractivity contribution in [1.82, 2.24) is 10.3 Å². The lowest BCUT2D eigenvalue weighted by Crippen LogP contribution is -2.45. The second kappa shape index (κ2) is 7.40. The minimum absolute atomic E-state index is 0.221. The molecular weight excluding hydrogens is 340 g/mol.